The summed E-state index contributed by atoms with van der Waals surface area (Å²) in [4.78, 5) is 0. The predicted octanol–water partition coefficient (Wildman–Crippen LogP) is 2.14. The molecule has 0 aliphatic rings. The second kappa shape index (κ2) is 5.03. The zero-order chi connectivity index (χ0) is 8.74. The first-order chi connectivity index (χ1) is 5.06. The van der Waals surface area contributed by atoms with Gasteiger partial charge >= 0.3 is 6.18 Å². The number of rotatable bonds is 3. The maximum absolute atomic E-state index is 11.3. The van der Waals surface area contributed by atoms with Crippen LogP contribution in [0.4, 0.5) is 13.2 Å². The summed E-state index contributed by atoms with van der Waals surface area (Å²) in [6.07, 6.45) is -4.28. The van der Waals surface area contributed by atoms with Gasteiger partial charge in [-0.2, -0.15) is 13.2 Å². The van der Waals surface area contributed by atoms with E-state index in [-0.39, 0.29) is 13.0 Å². The molecule has 0 saturated carbocycles. The minimum absolute atomic E-state index is 0.101. The van der Waals surface area contributed by atoms with E-state index in [0.29, 0.717) is 0 Å². The van der Waals surface area contributed by atoms with Crippen molar-refractivity contribution in [2.45, 2.75) is 19.5 Å². The van der Waals surface area contributed by atoms with Gasteiger partial charge in [-0.15, -0.1) is 0 Å². The molecule has 1 nitrogen and oxygen atoms in total. The van der Waals surface area contributed by atoms with Crippen LogP contribution in [0.2, 0.25) is 0 Å². The average Bonchev–Trinajstić information content (AvgIpc) is 1.85. The van der Waals surface area contributed by atoms with Gasteiger partial charge in [0.2, 0.25) is 0 Å². The zero-order valence-corrected chi connectivity index (χ0v) is 6.03. The maximum Gasteiger partial charge on any atom is 0.457 e. The zero-order valence-electron chi connectivity index (χ0n) is 6.03. The van der Waals surface area contributed by atoms with Gasteiger partial charge < -0.3 is 4.74 Å². The Morgan fingerprint density at radius 3 is 2.55 bits per heavy atom. The molecule has 0 aromatic rings. The van der Waals surface area contributed by atoms with Crippen LogP contribution in [-0.2, 0) is 4.74 Å². The van der Waals surface area contributed by atoms with Crippen LogP contribution in [0.5, 0.6) is 0 Å². The smallest absolute Gasteiger partial charge is 0.375 e. The molecule has 0 bridgehead atoms. The molecule has 0 amide bonds. The molecule has 0 aliphatic carbocycles. The fraction of sp³-hybridized carbons (Fsp3) is 0.571. The Labute approximate surface area is 63.5 Å². The van der Waals surface area contributed by atoms with Crippen LogP contribution >= 0.6 is 0 Å². The predicted molar refractivity (Wildman–Crippen MR) is 34.4 cm³/mol. The highest BCUT2D eigenvalue weighted by Gasteiger charge is 2.22. The van der Waals surface area contributed by atoms with Crippen LogP contribution < -0.4 is 0 Å². The Kier molecular flexibility index (Phi) is 4.71. The molecule has 0 aromatic carbocycles. The van der Waals surface area contributed by atoms with E-state index in [2.05, 4.69) is 4.74 Å². The minimum atomic E-state index is -4.38. The summed E-state index contributed by atoms with van der Waals surface area (Å²) in [5, 5.41) is 0. The lowest BCUT2D eigenvalue weighted by Gasteiger charge is -1.94. The van der Waals surface area contributed by atoms with Crippen molar-refractivity contribution in [2.75, 3.05) is 6.61 Å². The molecule has 0 spiro atoms. The number of ether oxygens (including phenoxy) is 1. The first-order valence-corrected chi connectivity index (χ1v) is 3.02. The van der Waals surface area contributed by atoms with Gasteiger partial charge in [-0.3, -0.25) is 0 Å². The fourth-order valence-electron chi connectivity index (χ4n) is 0.391. The fourth-order valence-corrected chi connectivity index (χ4v) is 0.391. The molecule has 4 heteroatoms. The third-order valence-electron chi connectivity index (χ3n) is 0.742. The monoisotopic (exact) mass is 165 g/mol. The van der Waals surface area contributed by atoms with Crippen LogP contribution in [-0.4, -0.2) is 12.8 Å². The van der Waals surface area contributed by atoms with E-state index in [1.54, 1.807) is 6.92 Å². The lowest BCUT2D eigenvalue weighted by Crippen LogP contribution is -2.01. The van der Waals surface area contributed by atoms with Crippen molar-refractivity contribution in [3.05, 3.63) is 6.61 Å². The molecule has 0 aliphatic heterocycles. The van der Waals surface area contributed by atoms with Gasteiger partial charge in [0.15, 0.2) is 0 Å². The Hall–Kier alpha value is -0.690. The summed E-state index contributed by atoms with van der Waals surface area (Å²) in [6, 6.07) is 0. The highest BCUT2D eigenvalue weighted by molar-refractivity contribution is 5.04. The first kappa shape index (κ1) is 10.3. The molecule has 63 valence electrons. The van der Waals surface area contributed by atoms with Crippen LogP contribution in [0.15, 0.2) is 0 Å². The SMILES string of the molecule is C[CH]OCCC#CC(F)(F)F. The molecule has 1 radical (unpaired) electrons. The van der Waals surface area contributed by atoms with Gasteiger partial charge in [0.1, 0.15) is 0 Å². The van der Waals surface area contributed by atoms with Crippen molar-refractivity contribution in [3.8, 4) is 11.8 Å². The van der Waals surface area contributed by atoms with Gasteiger partial charge in [-0.1, -0.05) is 5.92 Å². The second-order valence-electron chi connectivity index (χ2n) is 1.66. The molecule has 0 saturated heterocycles. The summed E-state index contributed by atoms with van der Waals surface area (Å²) in [6.45, 7) is 3.27. The number of halogens is 3. The van der Waals surface area contributed by atoms with Crippen LogP contribution in [0, 0.1) is 18.4 Å². The summed E-state index contributed by atoms with van der Waals surface area (Å²) in [7, 11) is 0. The Bertz CT molecular complexity index is 151. The Balaban J connectivity index is 3.41. The molecular weight excluding hydrogens is 157 g/mol. The van der Waals surface area contributed by atoms with E-state index in [9.17, 15) is 13.2 Å². The largest absolute Gasteiger partial charge is 0.457 e. The second-order valence-corrected chi connectivity index (χ2v) is 1.66. The minimum Gasteiger partial charge on any atom is -0.375 e. The van der Waals surface area contributed by atoms with Gasteiger partial charge in [0, 0.05) is 12.3 Å². The molecule has 0 N–H and O–H groups in total. The summed E-state index contributed by atoms with van der Waals surface area (Å²) < 4.78 is 38.7. The van der Waals surface area contributed by atoms with Crippen molar-refractivity contribution in [1.82, 2.24) is 0 Å². The summed E-state index contributed by atoms with van der Waals surface area (Å²) in [5.41, 5.74) is 0. The van der Waals surface area contributed by atoms with E-state index in [0.717, 1.165) is 5.92 Å². The summed E-state index contributed by atoms with van der Waals surface area (Å²) >= 11 is 0. The van der Waals surface area contributed by atoms with Crippen molar-refractivity contribution in [2.24, 2.45) is 0 Å². The standard InChI is InChI=1S/C7H8F3O/c1-2-11-6-4-3-5-7(8,9)10/h2H,4,6H2,1H3. The molecule has 0 unspecified atom stereocenters. The normalized spacial score (nSPS) is 10.5. The Morgan fingerprint density at radius 1 is 1.45 bits per heavy atom. The van der Waals surface area contributed by atoms with E-state index < -0.39 is 6.18 Å². The number of hydrogen-bond acceptors (Lipinski definition) is 1. The van der Waals surface area contributed by atoms with E-state index >= 15 is 0 Å². The number of hydrogen-bond donors (Lipinski definition) is 0. The molecule has 11 heavy (non-hydrogen) atoms. The Morgan fingerprint density at radius 2 is 2.09 bits per heavy atom. The molecular formula is C7H8F3O. The molecule has 0 fully saturated rings. The highest BCUT2D eigenvalue weighted by Crippen LogP contribution is 2.11. The third kappa shape index (κ3) is 9.31. The van der Waals surface area contributed by atoms with Gasteiger partial charge in [0.25, 0.3) is 0 Å². The van der Waals surface area contributed by atoms with E-state index in [1.165, 1.54) is 6.61 Å². The molecule has 0 heterocycles. The van der Waals surface area contributed by atoms with Crippen molar-refractivity contribution >= 4 is 0 Å². The molecule has 0 atom stereocenters. The van der Waals surface area contributed by atoms with Crippen molar-refractivity contribution in [3.63, 3.8) is 0 Å². The van der Waals surface area contributed by atoms with Crippen molar-refractivity contribution in [1.29, 1.82) is 0 Å². The number of alkyl halides is 3. The lowest BCUT2D eigenvalue weighted by atomic mass is 10.4. The average molecular weight is 165 g/mol. The quantitative estimate of drug-likeness (QED) is 0.460. The first-order valence-electron chi connectivity index (χ1n) is 3.02. The van der Waals surface area contributed by atoms with Gasteiger partial charge in [-0.05, 0) is 6.92 Å². The third-order valence-corrected chi connectivity index (χ3v) is 0.742. The van der Waals surface area contributed by atoms with E-state index in [4.69, 9.17) is 0 Å². The summed E-state index contributed by atoms with van der Waals surface area (Å²) in [5.74, 6) is 3.08. The van der Waals surface area contributed by atoms with Crippen molar-refractivity contribution < 1.29 is 17.9 Å². The maximum atomic E-state index is 11.3. The van der Waals surface area contributed by atoms with Gasteiger partial charge in [0.05, 0.1) is 13.2 Å². The lowest BCUT2D eigenvalue weighted by molar-refractivity contribution is -0.0697. The van der Waals surface area contributed by atoms with E-state index in [1.807, 2.05) is 5.92 Å². The topological polar surface area (TPSA) is 9.23 Å². The highest BCUT2D eigenvalue weighted by atomic mass is 19.4. The van der Waals surface area contributed by atoms with Crippen LogP contribution in [0.1, 0.15) is 13.3 Å². The molecule has 0 rings (SSSR count). The molecule has 0 aromatic heterocycles. The van der Waals surface area contributed by atoms with Gasteiger partial charge in [-0.25, -0.2) is 0 Å². The van der Waals surface area contributed by atoms with Crippen LogP contribution in [0.3, 0.4) is 0 Å². The van der Waals surface area contributed by atoms with Crippen LogP contribution in [0.25, 0.3) is 0 Å².